The summed E-state index contributed by atoms with van der Waals surface area (Å²) in [6, 6.07) is 57.7. The zero-order valence-electron chi connectivity index (χ0n) is 31.0. The van der Waals surface area contributed by atoms with Crippen molar-refractivity contribution in [2.24, 2.45) is 0 Å². The summed E-state index contributed by atoms with van der Waals surface area (Å²) in [5.74, 6) is 1.16. The first-order valence-electron chi connectivity index (χ1n) is 18.5. The smallest absolute Gasteiger partial charge is 0.0571 e. The third-order valence-corrected chi connectivity index (χ3v) is 10.3. The largest absolute Gasteiger partial charge is 0.509 e. The maximum atomic E-state index is 6.74. The number of benzene rings is 7. The average Bonchev–Trinajstić information content (AvgIpc) is 3.94. The number of anilines is 4. The third-order valence-electron chi connectivity index (χ3n) is 10.3. The molecule has 0 saturated heterocycles. The topological polar surface area (TPSA) is 38.5 Å². The van der Waals surface area contributed by atoms with Crippen molar-refractivity contribution in [2.45, 2.75) is 20.8 Å². The fourth-order valence-electron chi connectivity index (χ4n) is 8.06. The molecule has 1 aliphatic rings. The molecule has 0 amide bonds. The number of fused-ring (bicyclic) bond motifs is 4. The van der Waals surface area contributed by atoms with E-state index in [-0.39, 0.29) is 21.1 Å². The van der Waals surface area contributed by atoms with E-state index >= 15 is 0 Å². The Balaban J connectivity index is 0.00000410. The third kappa shape index (κ3) is 6.07. The van der Waals surface area contributed by atoms with E-state index in [1.54, 1.807) is 0 Å². The molecule has 0 radical (unpaired) electrons. The predicted molar refractivity (Wildman–Crippen MR) is 223 cm³/mol. The first-order valence-corrected chi connectivity index (χ1v) is 18.5. The Hall–Kier alpha value is -6.36. The molecule has 0 bridgehead atoms. The monoisotopic (exact) mass is 905 g/mol. The van der Waals surface area contributed by atoms with Crippen molar-refractivity contribution in [2.75, 3.05) is 9.80 Å². The SMILES string of the molecule is Cc1cc(C)c(N2[CH-]N(c3[c-]c(Oc4[c-]c(-n5cc(-c6ccccc6)cn5)ccc4)cc4c5ccccc5n(-c5ccccc5)c34)c3ccccc32)c(C)c1.[Pt]. The molecule has 0 saturated carbocycles. The Morgan fingerprint density at radius 1 is 0.607 bits per heavy atom. The number of hydrogen-bond donors (Lipinski definition) is 0. The number of nitrogens with zero attached hydrogens (tertiary/aromatic N) is 5. The molecule has 7 aromatic carbocycles. The molecule has 276 valence electrons. The molecule has 0 atom stereocenters. The van der Waals surface area contributed by atoms with Gasteiger partial charge in [-0.3, -0.25) is 4.68 Å². The van der Waals surface area contributed by atoms with Gasteiger partial charge in [-0.05, 0) is 84.4 Å². The number of aryl methyl sites for hydroxylation is 3. The second-order valence-electron chi connectivity index (χ2n) is 14.1. The van der Waals surface area contributed by atoms with Crippen LogP contribution in [0.15, 0.2) is 158 Å². The molecule has 6 nitrogen and oxygen atoms in total. The van der Waals surface area contributed by atoms with Crippen LogP contribution in [0.3, 0.4) is 0 Å². The van der Waals surface area contributed by atoms with E-state index in [0.717, 1.165) is 61.4 Å². The van der Waals surface area contributed by atoms with Crippen LogP contribution >= 0.6 is 0 Å². The van der Waals surface area contributed by atoms with Crippen LogP contribution < -0.4 is 14.5 Å². The minimum absolute atomic E-state index is 0. The summed E-state index contributed by atoms with van der Waals surface area (Å²) in [6.45, 7) is 8.74. The molecule has 9 aromatic rings. The van der Waals surface area contributed by atoms with Gasteiger partial charge in [0.25, 0.3) is 0 Å². The maximum Gasteiger partial charge on any atom is 0.0571 e. The minimum Gasteiger partial charge on any atom is -0.509 e. The summed E-state index contributed by atoms with van der Waals surface area (Å²) in [6.07, 6.45) is 3.89. The van der Waals surface area contributed by atoms with E-state index in [9.17, 15) is 0 Å². The minimum atomic E-state index is 0. The molecule has 0 unspecified atom stereocenters. The quantitative estimate of drug-likeness (QED) is 0.149. The van der Waals surface area contributed by atoms with Crippen LogP contribution in [0.4, 0.5) is 22.7 Å². The average molecular weight is 906 g/mol. The molecule has 1 aliphatic heterocycles. The first kappa shape index (κ1) is 35.3. The Kier molecular flexibility index (Phi) is 9.07. The molecule has 10 rings (SSSR count). The molecule has 0 fully saturated rings. The van der Waals surface area contributed by atoms with E-state index in [1.807, 2.05) is 53.5 Å². The van der Waals surface area contributed by atoms with Gasteiger partial charge in [-0.25, -0.2) is 0 Å². The molecule has 0 aliphatic carbocycles. The molecule has 2 aromatic heterocycles. The number of hydrogen-bond acceptors (Lipinski definition) is 4. The summed E-state index contributed by atoms with van der Waals surface area (Å²) in [4.78, 5) is 4.57. The van der Waals surface area contributed by atoms with E-state index < -0.39 is 0 Å². The summed E-state index contributed by atoms with van der Waals surface area (Å²) < 4.78 is 10.9. The van der Waals surface area contributed by atoms with Crippen molar-refractivity contribution in [3.8, 4) is 34.0 Å². The van der Waals surface area contributed by atoms with Gasteiger partial charge in [0.05, 0.1) is 6.20 Å². The molecular weight excluding hydrogens is 870 g/mol. The van der Waals surface area contributed by atoms with E-state index in [0.29, 0.717) is 11.5 Å². The van der Waals surface area contributed by atoms with Crippen molar-refractivity contribution in [3.63, 3.8) is 0 Å². The van der Waals surface area contributed by atoms with Crippen LogP contribution in [0.1, 0.15) is 16.7 Å². The van der Waals surface area contributed by atoms with Gasteiger partial charge in [-0.15, -0.1) is 37.0 Å². The number of rotatable bonds is 7. The summed E-state index contributed by atoms with van der Waals surface area (Å²) in [5, 5.41) is 6.84. The molecule has 56 heavy (non-hydrogen) atoms. The second-order valence-corrected chi connectivity index (χ2v) is 14.1. The molecular formula is C49H36N5OPt-3. The van der Waals surface area contributed by atoms with Crippen molar-refractivity contribution < 1.29 is 25.8 Å². The fourth-order valence-corrected chi connectivity index (χ4v) is 8.06. The van der Waals surface area contributed by atoms with Crippen LogP contribution in [0.5, 0.6) is 11.5 Å². The summed E-state index contributed by atoms with van der Waals surface area (Å²) >= 11 is 0. The number of aromatic nitrogens is 3. The Morgan fingerprint density at radius 2 is 1.29 bits per heavy atom. The Bertz CT molecular complexity index is 2860. The van der Waals surface area contributed by atoms with Gasteiger partial charge in [0.2, 0.25) is 0 Å². The van der Waals surface area contributed by atoms with Crippen molar-refractivity contribution in [1.29, 1.82) is 0 Å². The predicted octanol–water partition coefficient (Wildman–Crippen LogP) is 12.4. The fraction of sp³-hybridized carbons (Fsp3) is 0.0612. The van der Waals surface area contributed by atoms with Gasteiger partial charge >= 0.3 is 0 Å². The van der Waals surface area contributed by atoms with E-state index in [4.69, 9.17) is 4.74 Å². The zero-order valence-corrected chi connectivity index (χ0v) is 33.3. The Morgan fingerprint density at radius 3 is 2.05 bits per heavy atom. The van der Waals surface area contributed by atoms with E-state index in [1.165, 1.54) is 22.4 Å². The molecule has 0 spiro atoms. The summed E-state index contributed by atoms with van der Waals surface area (Å²) in [5.41, 5.74) is 14.0. The van der Waals surface area contributed by atoms with Crippen molar-refractivity contribution >= 4 is 44.6 Å². The molecule has 7 heteroatoms. The Labute approximate surface area is 341 Å². The molecule has 0 N–H and O–H groups in total. The van der Waals surface area contributed by atoms with Crippen LogP contribution in [0.2, 0.25) is 0 Å². The van der Waals surface area contributed by atoms with Crippen LogP contribution in [0.25, 0.3) is 44.3 Å². The van der Waals surface area contributed by atoms with Crippen LogP contribution in [-0.4, -0.2) is 14.3 Å². The van der Waals surface area contributed by atoms with Crippen LogP contribution in [0, 0.1) is 39.6 Å². The van der Waals surface area contributed by atoms with Crippen molar-refractivity contribution in [1.82, 2.24) is 14.3 Å². The van der Waals surface area contributed by atoms with Gasteiger partial charge in [-0.1, -0.05) is 108 Å². The van der Waals surface area contributed by atoms with Gasteiger partial charge in [0, 0.05) is 72.6 Å². The van der Waals surface area contributed by atoms with Gasteiger partial charge < -0.3 is 19.1 Å². The second kappa shape index (κ2) is 14.4. The van der Waals surface area contributed by atoms with Crippen LogP contribution in [-0.2, 0) is 21.1 Å². The van der Waals surface area contributed by atoms with Crippen molar-refractivity contribution in [3.05, 3.63) is 193 Å². The van der Waals surface area contributed by atoms with Gasteiger partial charge in [-0.2, -0.15) is 11.2 Å². The summed E-state index contributed by atoms with van der Waals surface area (Å²) in [7, 11) is 0. The number of ether oxygens (including phenoxy) is 1. The maximum absolute atomic E-state index is 6.74. The standard InChI is InChI=1S/C49H36N5O.Pt/c1-33-25-34(2)48(35(3)26-33)52-32-51(45-23-12-13-24-46(45)52)47-29-41(28-43-42-21-10-11-22-44(42)54(49(43)47)38-17-8-5-9-18-38)55-40-20-14-19-39(27-40)53-31-37(30-50-53)36-15-6-4-7-16-36;/h4-26,28,30-32H,1-3H3;/q-3;. The zero-order chi connectivity index (χ0) is 37.0. The molecule has 3 heterocycles. The van der Waals surface area contributed by atoms with E-state index in [2.05, 4.69) is 168 Å². The number of para-hydroxylation sites is 4. The van der Waals surface area contributed by atoms with Gasteiger partial charge in [0.1, 0.15) is 0 Å². The first-order chi connectivity index (χ1) is 27.0. The van der Waals surface area contributed by atoms with Gasteiger partial charge in [0.15, 0.2) is 0 Å². The normalized spacial score (nSPS) is 12.3.